The number of nitrogens with zero attached hydrogens (tertiary/aromatic N) is 3. The Kier molecular flexibility index (Phi) is 1.51. The lowest BCUT2D eigenvalue weighted by Crippen LogP contribution is -1.78. The van der Waals surface area contributed by atoms with Gasteiger partial charge in [-0.1, -0.05) is 11.2 Å². The number of azide groups is 1. The Morgan fingerprint density at radius 2 is 2.62 bits per heavy atom. The lowest BCUT2D eigenvalue weighted by Gasteiger charge is -1.69. The highest BCUT2D eigenvalue weighted by molar-refractivity contribution is 5.02. The van der Waals surface area contributed by atoms with E-state index < -0.39 is 0 Å². The first-order valence-corrected chi connectivity index (χ1v) is 2.38. The Morgan fingerprint density at radius 3 is 3.12 bits per heavy atom. The molecule has 0 aromatic rings. The first-order valence-electron chi connectivity index (χ1n) is 2.38. The Bertz CT molecular complexity index is 140. The molecule has 1 atom stereocenters. The van der Waals surface area contributed by atoms with Gasteiger partial charge in [0.25, 0.3) is 0 Å². The Balaban J connectivity index is 2.23. The van der Waals surface area contributed by atoms with Gasteiger partial charge in [-0.15, -0.1) is 0 Å². The number of hydrogen-bond acceptors (Lipinski definition) is 2. The molecule has 0 spiro atoms. The second-order valence-corrected chi connectivity index (χ2v) is 1.56. The minimum atomic E-state index is 0.459. The summed E-state index contributed by atoms with van der Waals surface area (Å²) in [4.78, 5) is 2.55. The van der Waals surface area contributed by atoms with E-state index in [1.165, 1.54) is 6.20 Å². The highest BCUT2D eigenvalue weighted by Gasteiger charge is 2.14. The van der Waals surface area contributed by atoms with Crippen molar-refractivity contribution in [1.82, 2.24) is 5.32 Å². The summed E-state index contributed by atoms with van der Waals surface area (Å²) < 4.78 is 0. The zero-order valence-corrected chi connectivity index (χ0v) is 4.28. The van der Waals surface area contributed by atoms with E-state index in [2.05, 4.69) is 15.3 Å². The van der Waals surface area contributed by atoms with Crippen LogP contribution < -0.4 is 5.32 Å². The van der Waals surface area contributed by atoms with Crippen LogP contribution in [0, 0.1) is 0 Å². The van der Waals surface area contributed by atoms with Crippen molar-refractivity contribution in [3.8, 4) is 0 Å². The molecule has 1 saturated heterocycles. The molecule has 1 fully saturated rings. The molecule has 0 aliphatic carbocycles. The molecule has 0 aromatic carbocycles. The third kappa shape index (κ3) is 1.64. The SMILES string of the molecule is [N-]=[N+]=N/C=C/C1CN1. The monoisotopic (exact) mass is 110 g/mol. The maximum absolute atomic E-state index is 7.79. The molecule has 0 aromatic heterocycles. The Morgan fingerprint density at radius 1 is 1.88 bits per heavy atom. The lowest BCUT2D eigenvalue weighted by atomic mass is 10.5. The van der Waals surface area contributed by atoms with Gasteiger partial charge in [-0.2, -0.15) is 0 Å². The highest BCUT2D eigenvalue weighted by Crippen LogP contribution is 1.97. The van der Waals surface area contributed by atoms with E-state index in [4.69, 9.17) is 5.53 Å². The minimum absolute atomic E-state index is 0.459. The molecule has 1 aliphatic rings. The summed E-state index contributed by atoms with van der Waals surface area (Å²) in [5, 5.41) is 6.24. The molecule has 1 N–H and O–H groups in total. The molecule has 4 nitrogen and oxygen atoms in total. The smallest absolute Gasteiger partial charge is 0.0378 e. The molecular weight excluding hydrogens is 104 g/mol. The van der Waals surface area contributed by atoms with Crippen LogP contribution in [0.2, 0.25) is 0 Å². The largest absolute Gasteiger partial charge is 0.307 e. The van der Waals surface area contributed by atoms with E-state index in [-0.39, 0.29) is 0 Å². The number of rotatable bonds is 2. The molecule has 0 amide bonds. The maximum atomic E-state index is 7.79. The predicted octanol–water partition coefficient (Wildman–Crippen LogP) is 0.782. The van der Waals surface area contributed by atoms with Crippen molar-refractivity contribution in [3.05, 3.63) is 22.7 Å². The van der Waals surface area contributed by atoms with Crippen LogP contribution in [0.25, 0.3) is 10.4 Å². The van der Waals surface area contributed by atoms with Crippen LogP contribution in [0.15, 0.2) is 17.4 Å². The normalized spacial score (nSPS) is 25.2. The van der Waals surface area contributed by atoms with Crippen LogP contribution in [0.3, 0.4) is 0 Å². The van der Waals surface area contributed by atoms with Crippen molar-refractivity contribution in [3.63, 3.8) is 0 Å². The van der Waals surface area contributed by atoms with Crippen LogP contribution in [-0.4, -0.2) is 12.6 Å². The zero-order chi connectivity index (χ0) is 5.82. The van der Waals surface area contributed by atoms with Gasteiger partial charge in [-0.3, -0.25) is 0 Å². The van der Waals surface area contributed by atoms with Crippen LogP contribution in [0.1, 0.15) is 0 Å². The van der Waals surface area contributed by atoms with Gasteiger partial charge in [0.15, 0.2) is 0 Å². The standard InChI is InChI=1S/C4H6N4/c5-8-7-2-1-4-3-6-4/h1-2,4,6H,3H2/b2-1+. The first-order chi connectivity index (χ1) is 3.93. The van der Waals surface area contributed by atoms with Gasteiger partial charge in [0.05, 0.1) is 0 Å². The highest BCUT2D eigenvalue weighted by atomic mass is 15.1. The summed E-state index contributed by atoms with van der Waals surface area (Å²) in [6.07, 6.45) is 3.30. The van der Waals surface area contributed by atoms with Crippen LogP contribution in [-0.2, 0) is 0 Å². The Labute approximate surface area is 46.8 Å². The number of hydrogen-bond donors (Lipinski definition) is 1. The van der Waals surface area contributed by atoms with E-state index in [9.17, 15) is 0 Å². The van der Waals surface area contributed by atoms with Crippen molar-refractivity contribution < 1.29 is 0 Å². The molecule has 1 heterocycles. The van der Waals surface area contributed by atoms with Crippen LogP contribution >= 0.6 is 0 Å². The average Bonchev–Trinajstić information content (AvgIpc) is 2.51. The lowest BCUT2D eigenvalue weighted by molar-refractivity contribution is 1.19. The van der Waals surface area contributed by atoms with Crippen LogP contribution in [0.5, 0.6) is 0 Å². The van der Waals surface area contributed by atoms with Crippen LogP contribution in [0.4, 0.5) is 0 Å². The van der Waals surface area contributed by atoms with E-state index in [1.807, 2.05) is 6.08 Å². The molecule has 0 bridgehead atoms. The second-order valence-electron chi connectivity index (χ2n) is 1.56. The summed E-state index contributed by atoms with van der Waals surface area (Å²) in [6.45, 7) is 1.01. The summed E-state index contributed by atoms with van der Waals surface area (Å²) in [7, 11) is 0. The fourth-order valence-corrected chi connectivity index (χ4v) is 0.376. The molecular formula is C4H6N4. The van der Waals surface area contributed by atoms with Crippen molar-refractivity contribution in [2.24, 2.45) is 5.11 Å². The van der Waals surface area contributed by atoms with Crippen molar-refractivity contribution in [2.45, 2.75) is 6.04 Å². The quantitative estimate of drug-likeness (QED) is 0.242. The van der Waals surface area contributed by atoms with Crippen molar-refractivity contribution in [2.75, 3.05) is 6.54 Å². The maximum Gasteiger partial charge on any atom is 0.0378 e. The van der Waals surface area contributed by atoms with Gasteiger partial charge < -0.3 is 5.32 Å². The second kappa shape index (κ2) is 2.35. The molecule has 42 valence electrons. The molecule has 8 heavy (non-hydrogen) atoms. The van der Waals surface area contributed by atoms with Gasteiger partial charge in [0, 0.05) is 17.5 Å². The summed E-state index contributed by atoms with van der Waals surface area (Å²) in [6, 6.07) is 0.459. The van der Waals surface area contributed by atoms with Gasteiger partial charge >= 0.3 is 0 Å². The van der Waals surface area contributed by atoms with Gasteiger partial charge in [0.1, 0.15) is 0 Å². The predicted molar refractivity (Wildman–Crippen MR) is 30.1 cm³/mol. The summed E-state index contributed by atoms with van der Waals surface area (Å²) in [5.74, 6) is 0. The minimum Gasteiger partial charge on any atom is -0.307 e. The number of nitrogens with one attached hydrogen (secondary N) is 1. The van der Waals surface area contributed by atoms with E-state index >= 15 is 0 Å². The van der Waals surface area contributed by atoms with E-state index in [0.29, 0.717) is 6.04 Å². The van der Waals surface area contributed by atoms with Gasteiger partial charge in [-0.05, 0) is 11.7 Å². The van der Waals surface area contributed by atoms with E-state index in [1.54, 1.807) is 0 Å². The third-order valence-electron chi connectivity index (χ3n) is 0.877. The first kappa shape index (κ1) is 5.15. The molecule has 1 unspecified atom stereocenters. The fourth-order valence-electron chi connectivity index (χ4n) is 0.376. The molecule has 0 saturated carbocycles. The molecule has 1 rings (SSSR count). The average molecular weight is 110 g/mol. The zero-order valence-electron chi connectivity index (χ0n) is 4.28. The third-order valence-corrected chi connectivity index (χ3v) is 0.877. The Hall–Kier alpha value is -0.990. The molecule has 1 aliphatic heterocycles. The van der Waals surface area contributed by atoms with Gasteiger partial charge in [-0.25, -0.2) is 0 Å². The molecule has 4 heteroatoms. The topological polar surface area (TPSA) is 70.7 Å². The van der Waals surface area contributed by atoms with Crippen molar-refractivity contribution >= 4 is 0 Å². The van der Waals surface area contributed by atoms with Gasteiger partial charge in [0.2, 0.25) is 0 Å². The van der Waals surface area contributed by atoms with E-state index in [0.717, 1.165) is 6.54 Å². The van der Waals surface area contributed by atoms with Crippen molar-refractivity contribution in [1.29, 1.82) is 0 Å². The summed E-state index contributed by atoms with van der Waals surface area (Å²) in [5.41, 5.74) is 7.79. The summed E-state index contributed by atoms with van der Waals surface area (Å²) >= 11 is 0. The molecule has 0 radical (unpaired) electrons. The fraction of sp³-hybridized carbons (Fsp3) is 0.500.